The van der Waals surface area contributed by atoms with Gasteiger partial charge in [-0.1, -0.05) is 23.7 Å². The molecule has 19 heavy (non-hydrogen) atoms. The molecule has 0 fully saturated rings. The Morgan fingerprint density at radius 3 is 2.68 bits per heavy atom. The molecule has 2 rings (SSSR count). The normalized spacial score (nSPS) is 12.1. The maximum absolute atomic E-state index is 11.7. The minimum atomic E-state index is -3.48. The Morgan fingerprint density at radius 1 is 1.32 bits per heavy atom. The first-order valence-corrected chi connectivity index (χ1v) is 7.38. The van der Waals surface area contributed by atoms with Crippen LogP contribution in [0.3, 0.4) is 0 Å². The van der Waals surface area contributed by atoms with E-state index in [-0.39, 0.29) is 6.54 Å². The summed E-state index contributed by atoms with van der Waals surface area (Å²) < 4.78 is 25.8. The Morgan fingerprint density at radius 2 is 2.05 bits per heavy atom. The molecule has 0 radical (unpaired) electrons. The highest BCUT2D eigenvalue weighted by molar-refractivity contribution is 7.92. The predicted octanol–water partition coefficient (Wildman–Crippen LogP) is 2.15. The third-order valence-corrected chi connectivity index (χ3v) is 3.62. The number of halogens is 1. The summed E-state index contributed by atoms with van der Waals surface area (Å²) in [5.41, 5.74) is 1.46. The Labute approximate surface area is 116 Å². The number of imidazole rings is 1. The van der Waals surface area contributed by atoms with Gasteiger partial charge in [0.25, 0.3) is 0 Å². The smallest absolute Gasteiger partial charge is 0.234 e. The number of nitrogens with one attached hydrogen (secondary N) is 2. The van der Waals surface area contributed by atoms with Crippen LogP contribution in [0.2, 0.25) is 5.02 Å². The number of aromatic amines is 1. The molecular weight excluding hydrogens is 286 g/mol. The summed E-state index contributed by atoms with van der Waals surface area (Å²) in [6.07, 6.45) is 4.56. The van der Waals surface area contributed by atoms with E-state index in [0.717, 1.165) is 11.0 Å². The van der Waals surface area contributed by atoms with Crippen molar-refractivity contribution in [1.29, 1.82) is 0 Å². The largest absolute Gasteiger partial charge is 0.347 e. The maximum atomic E-state index is 11.7. The van der Waals surface area contributed by atoms with Crippen LogP contribution < -0.4 is 4.72 Å². The van der Waals surface area contributed by atoms with Crippen LogP contribution in [0, 0.1) is 0 Å². The van der Waals surface area contributed by atoms with Gasteiger partial charge in [-0.25, -0.2) is 18.1 Å². The van der Waals surface area contributed by atoms with E-state index >= 15 is 0 Å². The SMILES string of the molecule is O=S(=O)(C=Cc1ccc(Cl)cc1)NCc1cnc[nH]1. The number of sulfonamides is 1. The second-order valence-corrected chi connectivity index (χ2v) is 5.88. The van der Waals surface area contributed by atoms with Gasteiger partial charge < -0.3 is 4.98 Å². The molecule has 0 bridgehead atoms. The third kappa shape index (κ3) is 4.51. The van der Waals surface area contributed by atoms with Gasteiger partial charge in [0.05, 0.1) is 12.9 Å². The van der Waals surface area contributed by atoms with Crippen molar-refractivity contribution < 1.29 is 8.42 Å². The van der Waals surface area contributed by atoms with E-state index < -0.39 is 10.0 Å². The fourth-order valence-corrected chi connectivity index (χ4v) is 2.27. The topological polar surface area (TPSA) is 74.8 Å². The molecule has 0 amide bonds. The molecule has 7 heteroatoms. The first-order chi connectivity index (χ1) is 9.05. The maximum Gasteiger partial charge on any atom is 0.234 e. The molecule has 0 aliphatic carbocycles. The Kier molecular flexibility index (Phi) is 4.36. The van der Waals surface area contributed by atoms with E-state index in [1.165, 1.54) is 12.4 Å². The van der Waals surface area contributed by atoms with Gasteiger partial charge in [-0.2, -0.15) is 0 Å². The van der Waals surface area contributed by atoms with Crippen LogP contribution in [-0.4, -0.2) is 18.4 Å². The zero-order chi connectivity index (χ0) is 13.7. The molecule has 0 unspecified atom stereocenters. The molecule has 1 aromatic carbocycles. The van der Waals surface area contributed by atoms with Crippen LogP contribution >= 0.6 is 11.6 Å². The molecule has 1 aromatic heterocycles. The molecule has 2 aromatic rings. The van der Waals surface area contributed by atoms with E-state index in [1.807, 2.05) is 0 Å². The summed E-state index contributed by atoms with van der Waals surface area (Å²) in [5, 5.41) is 1.73. The van der Waals surface area contributed by atoms with Gasteiger partial charge in [-0.05, 0) is 23.8 Å². The molecule has 5 nitrogen and oxygen atoms in total. The molecule has 0 atom stereocenters. The average molecular weight is 298 g/mol. The molecule has 0 spiro atoms. The van der Waals surface area contributed by atoms with Crippen LogP contribution in [0.4, 0.5) is 0 Å². The monoisotopic (exact) mass is 297 g/mol. The fraction of sp³-hybridized carbons (Fsp3) is 0.0833. The van der Waals surface area contributed by atoms with Crippen molar-refractivity contribution in [3.63, 3.8) is 0 Å². The minimum absolute atomic E-state index is 0.174. The highest BCUT2D eigenvalue weighted by Crippen LogP contribution is 2.11. The lowest BCUT2D eigenvalue weighted by molar-refractivity contribution is 0.590. The van der Waals surface area contributed by atoms with Gasteiger partial charge in [0, 0.05) is 22.3 Å². The van der Waals surface area contributed by atoms with E-state index in [1.54, 1.807) is 30.5 Å². The van der Waals surface area contributed by atoms with Crippen molar-refractivity contribution in [3.05, 3.63) is 58.5 Å². The lowest BCUT2D eigenvalue weighted by Gasteiger charge is -2.00. The molecule has 0 aliphatic heterocycles. The van der Waals surface area contributed by atoms with Crippen LogP contribution in [-0.2, 0) is 16.6 Å². The number of rotatable bonds is 5. The zero-order valence-corrected chi connectivity index (χ0v) is 11.4. The number of benzene rings is 1. The van der Waals surface area contributed by atoms with Crippen molar-refractivity contribution in [3.8, 4) is 0 Å². The molecule has 1 heterocycles. The number of aromatic nitrogens is 2. The van der Waals surface area contributed by atoms with Crippen molar-refractivity contribution in [1.82, 2.24) is 14.7 Å². The number of hydrogen-bond donors (Lipinski definition) is 2. The van der Waals surface area contributed by atoms with Crippen LogP contribution in [0.25, 0.3) is 6.08 Å². The van der Waals surface area contributed by atoms with Crippen LogP contribution in [0.15, 0.2) is 42.2 Å². The number of H-pyrrole nitrogens is 1. The lowest BCUT2D eigenvalue weighted by Crippen LogP contribution is -2.20. The van der Waals surface area contributed by atoms with Crippen molar-refractivity contribution in [2.24, 2.45) is 0 Å². The van der Waals surface area contributed by atoms with Crippen molar-refractivity contribution >= 4 is 27.7 Å². The van der Waals surface area contributed by atoms with E-state index in [2.05, 4.69) is 14.7 Å². The van der Waals surface area contributed by atoms with Gasteiger partial charge in [0.2, 0.25) is 10.0 Å². The molecule has 2 N–H and O–H groups in total. The van der Waals surface area contributed by atoms with E-state index in [4.69, 9.17) is 11.6 Å². The van der Waals surface area contributed by atoms with Gasteiger partial charge in [0.15, 0.2) is 0 Å². The Bertz CT molecular complexity index is 649. The first-order valence-electron chi connectivity index (χ1n) is 5.46. The van der Waals surface area contributed by atoms with Gasteiger partial charge in [-0.3, -0.25) is 0 Å². The Balaban J connectivity index is 1.98. The quantitative estimate of drug-likeness (QED) is 0.888. The molecule has 0 saturated carbocycles. The van der Waals surface area contributed by atoms with Crippen molar-refractivity contribution in [2.45, 2.75) is 6.54 Å². The van der Waals surface area contributed by atoms with E-state index in [0.29, 0.717) is 10.7 Å². The molecule has 0 aliphatic rings. The molecular formula is C12H12ClN3O2S. The van der Waals surface area contributed by atoms with Crippen LogP contribution in [0.5, 0.6) is 0 Å². The molecule has 100 valence electrons. The second kappa shape index (κ2) is 6.01. The summed E-state index contributed by atoms with van der Waals surface area (Å²) >= 11 is 5.74. The summed E-state index contributed by atoms with van der Waals surface area (Å²) in [4.78, 5) is 6.62. The summed E-state index contributed by atoms with van der Waals surface area (Å²) in [5.74, 6) is 0. The Hall–Kier alpha value is -1.63. The van der Waals surface area contributed by atoms with E-state index in [9.17, 15) is 8.42 Å². The summed E-state index contributed by atoms with van der Waals surface area (Å²) in [6.45, 7) is 0.174. The molecule has 0 saturated heterocycles. The highest BCUT2D eigenvalue weighted by atomic mass is 35.5. The standard InChI is InChI=1S/C12H12ClN3O2S/c13-11-3-1-10(2-4-11)5-6-19(17,18)16-8-12-7-14-9-15-12/h1-7,9,16H,8H2,(H,14,15). The van der Waals surface area contributed by atoms with Crippen LogP contribution in [0.1, 0.15) is 11.3 Å². The number of hydrogen-bond acceptors (Lipinski definition) is 3. The summed E-state index contributed by atoms with van der Waals surface area (Å²) in [6, 6.07) is 6.88. The average Bonchev–Trinajstić information content (AvgIpc) is 2.89. The summed E-state index contributed by atoms with van der Waals surface area (Å²) in [7, 11) is -3.48. The predicted molar refractivity (Wildman–Crippen MR) is 74.8 cm³/mol. The minimum Gasteiger partial charge on any atom is -0.347 e. The van der Waals surface area contributed by atoms with Gasteiger partial charge >= 0.3 is 0 Å². The third-order valence-electron chi connectivity index (χ3n) is 2.33. The number of nitrogens with zero attached hydrogens (tertiary/aromatic N) is 1. The van der Waals surface area contributed by atoms with Gasteiger partial charge in [-0.15, -0.1) is 0 Å². The highest BCUT2D eigenvalue weighted by Gasteiger charge is 2.05. The lowest BCUT2D eigenvalue weighted by atomic mass is 10.2. The van der Waals surface area contributed by atoms with Gasteiger partial charge in [0.1, 0.15) is 0 Å². The van der Waals surface area contributed by atoms with Crippen molar-refractivity contribution in [2.75, 3.05) is 0 Å². The second-order valence-electron chi connectivity index (χ2n) is 3.80. The fourth-order valence-electron chi connectivity index (χ4n) is 1.35. The first kappa shape index (κ1) is 13.8. The zero-order valence-electron chi connectivity index (χ0n) is 9.88.